The average molecular weight is 367 g/mol. The fourth-order valence-corrected chi connectivity index (χ4v) is 3.58. The van der Waals surface area contributed by atoms with Crippen molar-refractivity contribution < 1.29 is 4.74 Å². The van der Waals surface area contributed by atoms with Crippen molar-refractivity contribution in [3.8, 4) is 11.5 Å². The quantitative estimate of drug-likeness (QED) is 0.679. The molecule has 0 saturated carbocycles. The number of hydrogen-bond acceptors (Lipinski definition) is 3. The molecular weight excluding hydrogens is 332 g/mol. The number of hydrogen-bond donors (Lipinski definition) is 0. The molecule has 1 fully saturated rings. The van der Waals surface area contributed by atoms with Gasteiger partial charge in [0.15, 0.2) is 0 Å². The molecule has 0 N–H and O–H groups in total. The zero-order valence-corrected chi connectivity index (χ0v) is 17.4. The summed E-state index contributed by atoms with van der Waals surface area (Å²) in [4.78, 5) is 4.99. The number of para-hydroxylation sites is 1. The normalized spacial score (nSPS) is 16.0. The van der Waals surface area contributed by atoms with Crippen LogP contribution in [0.15, 0.2) is 42.5 Å². The fraction of sp³-hybridized carbons (Fsp3) is 0.500. The summed E-state index contributed by atoms with van der Waals surface area (Å²) in [7, 11) is 2.21. The molecule has 0 aliphatic carbocycles. The van der Waals surface area contributed by atoms with Gasteiger partial charge in [0.1, 0.15) is 11.5 Å². The number of rotatable bonds is 7. The molecule has 3 heteroatoms. The van der Waals surface area contributed by atoms with Gasteiger partial charge in [-0.05, 0) is 68.1 Å². The second-order valence-electron chi connectivity index (χ2n) is 8.14. The van der Waals surface area contributed by atoms with E-state index in [0.717, 1.165) is 17.9 Å². The van der Waals surface area contributed by atoms with E-state index in [1.807, 2.05) is 0 Å². The first-order valence-electron chi connectivity index (χ1n) is 10.3. The minimum absolute atomic E-state index is 0.506. The zero-order chi connectivity index (χ0) is 19.2. The van der Waals surface area contributed by atoms with Gasteiger partial charge in [0.25, 0.3) is 0 Å². The molecule has 2 aromatic rings. The summed E-state index contributed by atoms with van der Waals surface area (Å²) in [5.41, 5.74) is 3.82. The highest BCUT2D eigenvalue weighted by molar-refractivity contribution is 5.43. The number of likely N-dealkylation sites (N-methyl/N-ethyl adjacent to an activating group) is 1. The van der Waals surface area contributed by atoms with Crippen molar-refractivity contribution >= 4 is 0 Å². The molecule has 3 rings (SSSR count). The van der Waals surface area contributed by atoms with Crippen molar-refractivity contribution in [3.63, 3.8) is 0 Å². The minimum Gasteiger partial charge on any atom is -0.457 e. The molecule has 0 unspecified atom stereocenters. The second kappa shape index (κ2) is 9.38. The molecule has 0 atom stereocenters. The summed E-state index contributed by atoms with van der Waals surface area (Å²) in [6.07, 6.45) is 2.24. The molecule has 0 bridgehead atoms. The molecule has 3 nitrogen and oxygen atoms in total. The van der Waals surface area contributed by atoms with Crippen LogP contribution in [0.25, 0.3) is 0 Å². The van der Waals surface area contributed by atoms with Gasteiger partial charge in [-0.15, -0.1) is 0 Å². The van der Waals surface area contributed by atoms with Crippen molar-refractivity contribution in [3.05, 3.63) is 59.2 Å². The third-order valence-electron chi connectivity index (χ3n) is 5.59. The Bertz CT molecular complexity index is 733. The maximum atomic E-state index is 6.37. The summed E-state index contributed by atoms with van der Waals surface area (Å²) in [6.45, 7) is 12.5. The van der Waals surface area contributed by atoms with Crippen molar-refractivity contribution in [2.24, 2.45) is 0 Å². The van der Waals surface area contributed by atoms with E-state index in [0.29, 0.717) is 5.92 Å². The van der Waals surface area contributed by atoms with Crippen LogP contribution in [0.1, 0.15) is 42.9 Å². The number of benzene rings is 2. The minimum atomic E-state index is 0.506. The van der Waals surface area contributed by atoms with Crippen molar-refractivity contribution in [2.75, 3.05) is 39.8 Å². The van der Waals surface area contributed by atoms with Gasteiger partial charge in [-0.25, -0.2) is 0 Å². The predicted molar refractivity (Wildman–Crippen MR) is 114 cm³/mol. The SMILES string of the molecule is Cc1ccc(C(C)C)cc1Oc1ccccc1CCCN1CCN(C)CC1. The average Bonchev–Trinajstić information content (AvgIpc) is 2.66. The monoisotopic (exact) mass is 366 g/mol. The van der Waals surface area contributed by atoms with E-state index >= 15 is 0 Å². The number of piperazine rings is 1. The Balaban J connectivity index is 1.63. The molecule has 27 heavy (non-hydrogen) atoms. The lowest BCUT2D eigenvalue weighted by molar-refractivity contribution is 0.153. The first-order valence-corrected chi connectivity index (χ1v) is 10.3. The first kappa shape index (κ1) is 19.9. The molecule has 1 heterocycles. The lowest BCUT2D eigenvalue weighted by Crippen LogP contribution is -2.44. The van der Waals surface area contributed by atoms with Gasteiger partial charge >= 0.3 is 0 Å². The van der Waals surface area contributed by atoms with Gasteiger partial charge in [0, 0.05) is 26.2 Å². The lowest BCUT2D eigenvalue weighted by atomic mass is 10.0. The summed E-state index contributed by atoms with van der Waals surface area (Å²) in [5.74, 6) is 2.49. The van der Waals surface area contributed by atoms with Crippen LogP contribution >= 0.6 is 0 Å². The molecule has 1 saturated heterocycles. The Labute approximate surface area is 164 Å². The maximum Gasteiger partial charge on any atom is 0.130 e. The Morgan fingerprint density at radius 2 is 1.70 bits per heavy atom. The Morgan fingerprint density at radius 1 is 0.963 bits per heavy atom. The van der Waals surface area contributed by atoms with Crippen LogP contribution in [-0.4, -0.2) is 49.6 Å². The topological polar surface area (TPSA) is 15.7 Å². The van der Waals surface area contributed by atoms with Gasteiger partial charge in [-0.1, -0.05) is 44.2 Å². The maximum absolute atomic E-state index is 6.37. The van der Waals surface area contributed by atoms with Crippen LogP contribution in [0, 0.1) is 6.92 Å². The van der Waals surface area contributed by atoms with E-state index < -0.39 is 0 Å². The number of ether oxygens (including phenoxy) is 1. The van der Waals surface area contributed by atoms with Gasteiger partial charge < -0.3 is 14.5 Å². The standard InChI is InChI=1S/C24H34N2O/c1-19(2)22-12-11-20(3)24(18-22)27-23-10-6-5-8-21(23)9-7-13-26-16-14-25(4)15-17-26/h5-6,8,10-12,18-19H,7,9,13-17H2,1-4H3. The van der Waals surface area contributed by atoms with Gasteiger partial charge in [0.05, 0.1) is 0 Å². The third kappa shape index (κ3) is 5.57. The van der Waals surface area contributed by atoms with Crippen molar-refractivity contribution in [1.82, 2.24) is 9.80 Å². The lowest BCUT2D eigenvalue weighted by Gasteiger charge is -2.32. The molecule has 0 radical (unpaired) electrons. The molecule has 0 aromatic heterocycles. The van der Waals surface area contributed by atoms with E-state index in [1.54, 1.807) is 0 Å². The summed E-state index contributed by atoms with van der Waals surface area (Å²) in [5, 5.41) is 0. The Hall–Kier alpha value is -1.84. The first-order chi connectivity index (χ1) is 13.0. The Morgan fingerprint density at radius 3 is 2.44 bits per heavy atom. The van der Waals surface area contributed by atoms with Crippen LogP contribution in [0.5, 0.6) is 11.5 Å². The zero-order valence-electron chi connectivity index (χ0n) is 17.4. The van der Waals surface area contributed by atoms with Gasteiger partial charge in [0.2, 0.25) is 0 Å². The third-order valence-corrected chi connectivity index (χ3v) is 5.59. The van der Waals surface area contributed by atoms with E-state index in [-0.39, 0.29) is 0 Å². The van der Waals surface area contributed by atoms with Crippen LogP contribution in [0.3, 0.4) is 0 Å². The smallest absolute Gasteiger partial charge is 0.130 e. The number of nitrogens with zero attached hydrogens (tertiary/aromatic N) is 2. The highest BCUT2D eigenvalue weighted by Gasteiger charge is 2.14. The summed E-state index contributed by atoms with van der Waals surface area (Å²) >= 11 is 0. The summed E-state index contributed by atoms with van der Waals surface area (Å²) < 4.78 is 6.37. The molecule has 1 aliphatic heterocycles. The van der Waals surface area contributed by atoms with Crippen molar-refractivity contribution in [2.45, 2.75) is 39.5 Å². The molecule has 1 aliphatic rings. The van der Waals surface area contributed by atoms with Gasteiger partial charge in [-0.2, -0.15) is 0 Å². The Kier molecular flexibility index (Phi) is 6.92. The molecule has 146 valence electrons. The van der Waals surface area contributed by atoms with Crippen LogP contribution in [0.4, 0.5) is 0 Å². The molecular formula is C24H34N2O. The number of aryl methyl sites for hydroxylation is 2. The fourth-order valence-electron chi connectivity index (χ4n) is 3.58. The predicted octanol–water partition coefficient (Wildman–Crippen LogP) is 5.09. The van der Waals surface area contributed by atoms with Gasteiger partial charge in [-0.3, -0.25) is 0 Å². The molecule has 0 spiro atoms. The molecule has 2 aromatic carbocycles. The van der Waals surface area contributed by atoms with Crippen LogP contribution < -0.4 is 4.74 Å². The van der Waals surface area contributed by atoms with Crippen LogP contribution in [-0.2, 0) is 6.42 Å². The summed E-state index contributed by atoms with van der Waals surface area (Å²) in [6, 6.07) is 15.1. The van der Waals surface area contributed by atoms with E-state index in [2.05, 4.69) is 80.1 Å². The van der Waals surface area contributed by atoms with Crippen LogP contribution in [0.2, 0.25) is 0 Å². The highest BCUT2D eigenvalue weighted by Crippen LogP contribution is 2.31. The largest absolute Gasteiger partial charge is 0.457 e. The van der Waals surface area contributed by atoms with E-state index in [9.17, 15) is 0 Å². The molecule has 0 amide bonds. The van der Waals surface area contributed by atoms with E-state index in [1.165, 1.54) is 55.8 Å². The van der Waals surface area contributed by atoms with E-state index in [4.69, 9.17) is 4.74 Å². The second-order valence-corrected chi connectivity index (χ2v) is 8.14. The highest BCUT2D eigenvalue weighted by atomic mass is 16.5. The van der Waals surface area contributed by atoms with Crippen molar-refractivity contribution in [1.29, 1.82) is 0 Å².